The standard InChI is InChI=1S/C19H17F2N3O5/c1-9-8-29-14-7-23-6-12(16(25)17(26)15(23)19(28)24(9)14)18(27)22-5-10-2-3-11(20)4-13(10)21/h2-4,6,9,14,26H,5,7-8H2,1H3,(H,22,27)/t9-,14-/m0/s1. The van der Waals surface area contributed by atoms with Crippen molar-refractivity contribution in [3.05, 3.63) is 63.1 Å². The van der Waals surface area contributed by atoms with E-state index in [0.717, 1.165) is 6.07 Å². The Hall–Kier alpha value is -3.27. The molecule has 2 aliphatic rings. The number of carbonyl (C=O) groups excluding carboxylic acids is 2. The number of nitrogens with zero attached hydrogens (tertiary/aromatic N) is 2. The van der Waals surface area contributed by atoms with Gasteiger partial charge < -0.3 is 24.6 Å². The van der Waals surface area contributed by atoms with Crippen molar-refractivity contribution in [3.63, 3.8) is 0 Å². The van der Waals surface area contributed by atoms with Gasteiger partial charge in [0.05, 0.1) is 19.2 Å². The number of hydrogen-bond acceptors (Lipinski definition) is 5. The van der Waals surface area contributed by atoms with Crippen molar-refractivity contribution in [2.45, 2.75) is 32.3 Å². The number of amides is 2. The maximum atomic E-state index is 13.7. The van der Waals surface area contributed by atoms with E-state index >= 15 is 0 Å². The molecule has 2 aliphatic heterocycles. The van der Waals surface area contributed by atoms with E-state index in [9.17, 15) is 28.3 Å². The molecule has 4 rings (SSSR count). The third-order valence-electron chi connectivity index (χ3n) is 5.06. The zero-order valence-electron chi connectivity index (χ0n) is 15.3. The van der Waals surface area contributed by atoms with Crippen LogP contribution in [0.2, 0.25) is 0 Å². The summed E-state index contributed by atoms with van der Waals surface area (Å²) in [7, 11) is 0. The SMILES string of the molecule is C[C@H]1CO[C@H]2Cn3cc(C(=O)NCc4ccc(F)cc4F)c(=O)c(O)c3C(=O)N21. The Balaban J connectivity index is 1.62. The molecular weight excluding hydrogens is 388 g/mol. The number of fused-ring (bicyclic) bond motifs is 2. The number of aromatic hydroxyl groups is 1. The van der Waals surface area contributed by atoms with E-state index < -0.39 is 46.4 Å². The molecule has 8 nitrogen and oxygen atoms in total. The largest absolute Gasteiger partial charge is 0.503 e. The maximum Gasteiger partial charge on any atom is 0.276 e. The molecule has 2 N–H and O–H groups in total. The fraction of sp³-hybridized carbons (Fsp3) is 0.316. The monoisotopic (exact) mass is 405 g/mol. The number of hydrogen-bond donors (Lipinski definition) is 2. The molecule has 152 valence electrons. The fourth-order valence-electron chi connectivity index (χ4n) is 3.57. The van der Waals surface area contributed by atoms with Crippen molar-refractivity contribution in [2.75, 3.05) is 6.61 Å². The van der Waals surface area contributed by atoms with Gasteiger partial charge in [0.1, 0.15) is 17.2 Å². The van der Waals surface area contributed by atoms with Crippen molar-refractivity contribution >= 4 is 11.8 Å². The van der Waals surface area contributed by atoms with Crippen LogP contribution in [0.15, 0.2) is 29.2 Å². The Morgan fingerprint density at radius 2 is 2.10 bits per heavy atom. The molecule has 1 aromatic heterocycles. The van der Waals surface area contributed by atoms with Crippen LogP contribution in [0, 0.1) is 11.6 Å². The summed E-state index contributed by atoms with van der Waals surface area (Å²) in [6.07, 6.45) is 0.617. The zero-order valence-corrected chi connectivity index (χ0v) is 15.3. The van der Waals surface area contributed by atoms with Crippen LogP contribution in [0.4, 0.5) is 8.78 Å². The van der Waals surface area contributed by atoms with Crippen LogP contribution in [0.3, 0.4) is 0 Å². The van der Waals surface area contributed by atoms with Crippen LogP contribution in [0.5, 0.6) is 5.75 Å². The molecule has 1 saturated heterocycles. The van der Waals surface area contributed by atoms with E-state index in [1.807, 2.05) is 0 Å². The molecule has 0 spiro atoms. The van der Waals surface area contributed by atoms with Gasteiger partial charge in [0, 0.05) is 24.4 Å². The minimum Gasteiger partial charge on any atom is -0.503 e. The molecule has 0 unspecified atom stereocenters. The predicted molar refractivity (Wildman–Crippen MR) is 95.3 cm³/mol. The summed E-state index contributed by atoms with van der Waals surface area (Å²) in [4.78, 5) is 39.1. The number of benzene rings is 1. The number of halogens is 2. The first-order chi connectivity index (χ1) is 13.8. The predicted octanol–water partition coefficient (Wildman–Crippen LogP) is 0.963. The minimum absolute atomic E-state index is 0.0289. The normalized spacial score (nSPS) is 20.4. The summed E-state index contributed by atoms with van der Waals surface area (Å²) in [5, 5.41) is 12.7. The quantitative estimate of drug-likeness (QED) is 0.792. The van der Waals surface area contributed by atoms with Crippen LogP contribution in [0.25, 0.3) is 0 Å². The summed E-state index contributed by atoms with van der Waals surface area (Å²) in [6.45, 7) is 1.97. The van der Waals surface area contributed by atoms with E-state index in [1.165, 1.54) is 21.7 Å². The van der Waals surface area contributed by atoms with Gasteiger partial charge in [-0.1, -0.05) is 6.07 Å². The van der Waals surface area contributed by atoms with Crippen LogP contribution in [0.1, 0.15) is 33.3 Å². The topological polar surface area (TPSA) is 101 Å². The second-order valence-electron chi connectivity index (χ2n) is 6.99. The summed E-state index contributed by atoms with van der Waals surface area (Å²) < 4.78 is 33.6. The van der Waals surface area contributed by atoms with E-state index in [-0.39, 0.29) is 30.4 Å². The minimum atomic E-state index is -1.01. The zero-order chi connectivity index (χ0) is 20.9. The third kappa shape index (κ3) is 3.15. The van der Waals surface area contributed by atoms with E-state index in [2.05, 4.69) is 5.32 Å². The van der Waals surface area contributed by atoms with Gasteiger partial charge in [-0.05, 0) is 13.0 Å². The van der Waals surface area contributed by atoms with Gasteiger partial charge in [0.25, 0.3) is 11.8 Å². The number of pyridine rings is 1. The van der Waals surface area contributed by atoms with Crippen molar-refractivity contribution in [1.29, 1.82) is 0 Å². The molecule has 0 radical (unpaired) electrons. The second kappa shape index (κ2) is 6.96. The van der Waals surface area contributed by atoms with Crippen molar-refractivity contribution in [1.82, 2.24) is 14.8 Å². The molecule has 2 amide bonds. The molecule has 0 saturated carbocycles. The lowest BCUT2D eigenvalue weighted by atomic mass is 10.1. The maximum absolute atomic E-state index is 13.7. The highest BCUT2D eigenvalue weighted by molar-refractivity contribution is 5.99. The summed E-state index contributed by atoms with van der Waals surface area (Å²) in [5.41, 5.74) is -1.58. The molecule has 0 bridgehead atoms. The molecule has 2 atom stereocenters. The van der Waals surface area contributed by atoms with Gasteiger partial charge in [-0.25, -0.2) is 8.78 Å². The van der Waals surface area contributed by atoms with Crippen molar-refractivity contribution in [3.8, 4) is 5.75 Å². The highest BCUT2D eigenvalue weighted by Gasteiger charge is 2.42. The first-order valence-corrected chi connectivity index (χ1v) is 8.90. The number of carbonyl (C=O) groups is 2. The smallest absolute Gasteiger partial charge is 0.276 e. The van der Waals surface area contributed by atoms with Gasteiger partial charge in [-0.15, -0.1) is 0 Å². The molecule has 0 aliphatic carbocycles. The van der Waals surface area contributed by atoms with Gasteiger partial charge in [-0.3, -0.25) is 14.4 Å². The molecule has 29 heavy (non-hydrogen) atoms. The Kier molecular flexibility index (Phi) is 4.58. The van der Waals surface area contributed by atoms with Crippen molar-refractivity contribution in [2.24, 2.45) is 0 Å². The molecule has 1 fully saturated rings. The highest BCUT2D eigenvalue weighted by Crippen LogP contribution is 2.29. The van der Waals surface area contributed by atoms with Crippen LogP contribution in [-0.2, 0) is 17.8 Å². The average Bonchev–Trinajstić information content (AvgIpc) is 3.04. The van der Waals surface area contributed by atoms with Crippen LogP contribution in [-0.4, -0.2) is 45.3 Å². The Morgan fingerprint density at radius 1 is 1.34 bits per heavy atom. The Bertz CT molecular complexity index is 1080. The lowest BCUT2D eigenvalue weighted by Crippen LogP contribution is -2.49. The fourth-order valence-corrected chi connectivity index (χ4v) is 3.57. The molecule has 2 aromatic rings. The van der Waals surface area contributed by atoms with Gasteiger partial charge in [0.2, 0.25) is 5.43 Å². The molecule has 1 aromatic carbocycles. The van der Waals surface area contributed by atoms with E-state index in [1.54, 1.807) is 6.92 Å². The van der Waals surface area contributed by atoms with E-state index in [0.29, 0.717) is 12.7 Å². The molecular formula is C19H17F2N3O5. The van der Waals surface area contributed by atoms with E-state index in [4.69, 9.17) is 4.74 Å². The number of nitrogens with one attached hydrogen (secondary N) is 1. The second-order valence-corrected chi connectivity index (χ2v) is 6.99. The Labute approximate surface area is 163 Å². The third-order valence-corrected chi connectivity index (χ3v) is 5.06. The summed E-state index contributed by atoms with van der Waals surface area (Å²) in [5.74, 6) is -3.83. The van der Waals surface area contributed by atoms with Crippen molar-refractivity contribution < 1.29 is 28.2 Å². The molecule has 3 heterocycles. The van der Waals surface area contributed by atoms with Gasteiger partial charge in [-0.2, -0.15) is 0 Å². The Morgan fingerprint density at radius 3 is 2.83 bits per heavy atom. The lowest BCUT2D eigenvalue weighted by Gasteiger charge is -2.33. The van der Waals surface area contributed by atoms with Gasteiger partial charge in [0.15, 0.2) is 17.7 Å². The number of rotatable bonds is 3. The first kappa shape index (κ1) is 19.1. The summed E-state index contributed by atoms with van der Waals surface area (Å²) in [6, 6.07) is 2.70. The van der Waals surface area contributed by atoms with Crippen LogP contribution >= 0.6 is 0 Å². The van der Waals surface area contributed by atoms with Crippen LogP contribution < -0.4 is 10.7 Å². The number of aromatic nitrogens is 1. The molecule has 10 heteroatoms. The highest BCUT2D eigenvalue weighted by atomic mass is 19.1. The van der Waals surface area contributed by atoms with Gasteiger partial charge >= 0.3 is 0 Å². The average molecular weight is 405 g/mol. The number of ether oxygens (including phenoxy) is 1. The summed E-state index contributed by atoms with van der Waals surface area (Å²) >= 11 is 0. The lowest BCUT2D eigenvalue weighted by molar-refractivity contribution is 0.00624. The first-order valence-electron chi connectivity index (χ1n) is 8.90.